The Morgan fingerprint density at radius 3 is 1.32 bits per heavy atom. The van der Waals surface area contributed by atoms with E-state index in [0.29, 0.717) is 0 Å². The van der Waals surface area contributed by atoms with Gasteiger partial charge in [-0.05, 0) is 47.1 Å². The van der Waals surface area contributed by atoms with Crippen molar-refractivity contribution in [1.29, 1.82) is 0 Å². The molecule has 2 unspecified atom stereocenters. The summed E-state index contributed by atoms with van der Waals surface area (Å²) in [5.41, 5.74) is 0. The number of alkyl halides is 2. The Hall–Kier alpha value is 1.59. The van der Waals surface area contributed by atoms with Crippen LogP contribution < -0.4 is 41.0 Å². The van der Waals surface area contributed by atoms with Crippen molar-refractivity contribution in [3.63, 3.8) is 0 Å². The van der Waals surface area contributed by atoms with Gasteiger partial charge in [0, 0.05) is 15.3 Å². The molecule has 0 radical (unpaired) electrons. The van der Waals surface area contributed by atoms with Gasteiger partial charge in [-0.3, -0.25) is 11.4 Å². The SMILES string of the molecule is C.C=CC(C)=O.C=CC(C)O.CC(=O)CCI.CC(O)CCI.CC=O.[Br-].[CH-]=C.[I-].[Mg+2]. The van der Waals surface area contributed by atoms with Crippen LogP contribution >= 0.6 is 45.2 Å². The van der Waals surface area contributed by atoms with E-state index in [1.165, 1.54) is 26.0 Å². The van der Waals surface area contributed by atoms with E-state index in [-0.39, 0.29) is 95.2 Å². The van der Waals surface area contributed by atoms with E-state index in [9.17, 15) is 9.59 Å². The minimum absolute atomic E-state index is 0. The third-order valence-corrected chi connectivity index (χ3v) is 2.76. The Morgan fingerprint density at radius 1 is 1.06 bits per heavy atom. The zero-order valence-corrected chi connectivity index (χ0v) is 28.2. The first-order valence-corrected chi connectivity index (χ1v) is 11.1. The van der Waals surface area contributed by atoms with Crippen LogP contribution in [0.1, 0.15) is 54.9 Å². The molecule has 0 aromatic heterocycles. The van der Waals surface area contributed by atoms with Crippen LogP contribution in [0.2, 0.25) is 0 Å². The zero-order valence-electron chi connectivity index (χ0n) is 18.8. The van der Waals surface area contributed by atoms with Gasteiger partial charge in [0.1, 0.15) is 12.1 Å². The first-order chi connectivity index (χ1) is 12.5. The summed E-state index contributed by atoms with van der Waals surface area (Å²) in [6.07, 6.45) is 4.68. The molecule has 10 heteroatoms. The van der Waals surface area contributed by atoms with Crippen LogP contribution in [0.4, 0.5) is 0 Å². The summed E-state index contributed by atoms with van der Waals surface area (Å²) in [5, 5.41) is 16.8. The van der Waals surface area contributed by atoms with E-state index in [0.717, 1.165) is 28.0 Å². The number of aldehydes is 1. The molecular formula is C21H41BrI3MgO5-. The zero-order chi connectivity index (χ0) is 23.3. The average molecular weight is 858 g/mol. The average Bonchev–Trinajstić information content (AvgIpc) is 2.58. The van der Waals surface area contributed by atoms with Gasteiger partial charge < -0.3 is 67.3 Å². The van der Waals surface area contributed by atoms with E-state index >= 15 is 0 Å². The van der Waals surface area contributed by atoms with Crippen molar-refractivity contribution >= 4 is 86.1 Å². The van der Waals surface area contributed by atoms with Crippen LogP contribution in [0.3, 0.4) is 0 Å². The van der Waals surface area contributed by atoms with Gasteiger partial charge >= 0.3 is 23.1 Å². The Morgan fingerprint density at radius 2 is 1.32 bits per heavy atom. The summed E-state index contributed by atoms with van der Waals surface area (Å²) in [6, 6.07) is 0. The summed E-state index contributed by atoms with van der Waals surface area (Å²) < 4.78 is 2.00. The van der Waals surface area contributed by atoms with Crippen LogP contribution in [0, 0.1) is 6.58 Å². The van der Waals surface area contributed by atoms with E-state index < -0.39 is 0 Å². The van der Waals surface area contributed by atoms with Crippen molar-refractivity contribution < 1.29 is 65.6 Å². The number of allylic oxidation sites excluding steroid dienone is 1. The van der Waals surface area contributed by atoms with Crippen molar-refractivity contribution in [1.82, 2.24) is 0 Å². The van der Waals surface area contributed by atoms with Gasteiger partial charge in [-0.2, -0.15) is 0 Å². The van der Waals surface area contributed by atoms with Gasteiger partial charge in [0.05, 0.1) is 12.2 Å². The van der Waals surface area contributed by atoms with Gasteiger partial charge in [-0.1, -0.05) is 65.3 Å². The third kappa shape index (κ3) is 206. The molecule has 31 heavy (non-hydrogen) atoms. The molecule has 0 rings (SSSR count). The standard InChI is InChI=1S/C4H9IO.C4H7IO.C4H8O.C4H6O.C2H4O.C2H3.CH4.BrH.HI.Mg/c2*1-4(6)2-3-5;2*1-3-4(2)5;1-2-3;1-2;;;;/h4,6H,2-3H2,1H3;2-3H2,1H3;3-5H,1H2,2H3;3H,1H2,2H3;2H,1H3;1H,2H2;1H4;2*1H;/q;;;;;-1;;;;+2/p-2. The first kappa shape index (κ1) is 63.7. The predicted octanol–water partition coefficient (Wildman–Crippen LogP) is -1.02. The van der Waals surface area contributed by atoms with Crippen LogP contribution in [0.25, 0.3) is 0 Å². The van der Waals surface area contributed by atoms with Crippen LogP contribution in [0.15, 0.2) is 31.9 Å². The van der Waals surface area contributed by atoms with Crippen LogP contribution in [0.5, 0.6) is 0 Å². The van der Waals surface area contributed by atoms with E-state index in [4.69, 9.17) is 15.0 Å². The van der Waals surface area contributed by atoms with E-state index in [1.54, 1.807) is 20.8 Å². The molecule has 0 spiro atoms. The number of Topliss-reactive ketones (excluding diaryl/α,β-unsaturated/α-hetero) is 1. The maximum atomic E-state index is 10.0. The van der Waals surface area contributed by atoms with E-state index in [1.807, 2.05) is 0 Å². The molecule has 0 aliphatic heterocycles. The molecule has 0 saturated carbocycles. The molecule has 186 valence electrons. The number of ketones is 2. The predicted molar refractivity (Wildman–Crippen MR) is 146 cm³/mol. The molecule has 0 aromatic carbocycles. The van der Waals surface area contributed by atoms with Crippen molar-refractivity contribution in [2.24, 2.45) is 0 Å². The Kier molecular flexibility index (Phi) is 143. The quantitative estimate of drug-likeness (QED) is 0.0681. The fourth-order valence-electron chi connectivity index (χ4n) is 0.291. The first-order valence-electron chi connectivity index (χ1n) is 8.04. The smallest absolute Gasteiger partial charge is 1.00 e. The molecule has 0 heterocycles. The van der Waals surface area contributed by atoms with Gasteiger partial charge in [0.2, 0.25) is 0 Å². The number of carbonyl (C=O) groups is 3. The molecule has 2 N–H and O–H groups in total. The Bertz CT molecular complexity index is 347. The van der Waals surface area contributed by atoms with Crippen LogP contribution in [-0.2, 0) is 14.4 Å². The second kappa shape index (κ2) is 69.7. The fourth-order valence-corrected chi connectivity index (χ4v) is 1.95. The number of hydrogen-bond acceptors (Lipinski definition) is 5. The normalized spacial score (nSPS) is 8.29. The number of halogens is 4. The minimum Gasteiger partial charge on any atom is -1.00 e. The molecule has 0 aromatic rings. The third-order valence-electron chi connectivity index (χ3n) is 1.60. The van der Waals surface area contributed by atoms with Gasteiger partial charge in [0.25, 0.3) is 0 Å². The molecule has 0 bridgehead atoms. The summed E-state index contributed by atoms with van der Waals surface area (Å²) in [6.45, 7) is 21.5. The summed E-state index contributed by atoms with van der Waals surface area (Å²) in [5.74, 6) is 0.300. The molecule has 0 saturated heterocycles. The fraction of sp³-hybridized carbons (Fsp3) is 0.571. The van der Waals surface area contributed by atoms with Crippen molar-refractivity contribution in [2.75, 3.05) is 8.86 Å². The topological polar surface area (TPSA) is 91.7 Å². The maximum absolute atomic E-state index is 10.0. The van der Waals surface area contributed by atoms with E-state index in [2.05, 4.69) is 71.5 Å². The molecule has 5 nitrogen and oxygen atoms in total. The number of aliphatic hydroxyl groups excluding tert-OH is 2. The number of carbonyl (C=O) groups excluding carboxylic acids is 3. The number of aliphatic hydroxyl groups is 2. The Balaban J connectivity index is -0.0000000214. The minimum atomic E-state index is -0.352. The van der Waals surface area contributed by atoms with Gasteiger partial charge in [-0.15, -0.1) is 6.58 Å². The van der Waals surface area contributed by atoms with Crippen molar-refractivity contribution in [3.8, 4) is 0 Å². The number of rotatable bonds is 6. The second-order valence-electron chi connectivity index (χ2n) is 4.49. The molecule has 2 atom stereocenters. The molecule has 0 aliphatic rings. The second-order valence-corrected chi connectivity index (χ2v) is 6.65. The van der Waals surface area contributed by atoms with Crippen molar-refractivity contribution in [3.05, 3.63) is 38.5 Å². The summed E-state index contributed by atoms with van der Waals surface area (Å²) in [4.78, 5) is 28.5. The molecule has 0 fully saturated rings. The molecule has 0 amide bonds. The summed E-state index contributed by atoms with van der Waals surface area (Å²) >= 11 is 4.42. The monoisotopic (exact) mass is 857 g/mol. The summed E-state index contributed by atoms with van der Waals surface area (Å²) in [7, 11) is 0. The van der Waals surface area contributed by atoms with Crippen LogP contribution in [-0.4, -0.2) is 72.2 Å². The number of hydrogen-bond donors (Lipinski definition) is 2. The largest absolute Gasteiger partial charge is 2.00 e. The van der Waals surface area contributed by atoms with Gasteiger partial charge in [0.15, 0.2) is 5.78 Å². The molecule has 0 aliphatic carbocycles. The van der Waals surface area contributed by atoms with Crippen molar-refractivity contribution in [2.45, 2.75) is 67.1 Å². The molecular weight excluding hydrogens is 817 g/mol. The van der Waals surface area contributed by atoms with Gasteiger partial charge in [-0.25, -0.2) is 0 Å². The maximum Gasteiger partial charge on any atom is 2.00 e. The Labute approximate surface area is 263 Å².